The van der Waals surface area contributed by atoms with Crippen molar-refractivity contribution >= 4 is 33.4 Å². The molecule has 0 aromatic heterocycles. The number of nitrogens with zero attached hydrogens (tertiary/aromatic N) is 2. The van der Waals surface area contributed by atoms with E-state index in [0.717, 1.165) is 36.8 Å². The molecule has 2 aromatic rings. The number of rotatable bonds is 7. The molecule has 9 heteroatoms. The second-order valence-electron chi connectivity index (χ2n) is 8.34. The average Bonchev–Trinajstić information content (AvgIpc) is 2.88. The highest BCUT2D eigenvalue weighted by molar-refractivity contribution is 7.98. The van der Waals surface area contributed by atoms with Crippen LogP contribution in [0, 0.1) is 5.92 Å². The molecule has 0 saturated carbocycles. The van der Waals surface area contributed by atoms with Crippen molar-refractivity contribution < 1.29 is 17.9 Å². The molecule has 2 fully saturated rings. The molecule has 2 aliphatic heterocycles. The number of carbonyl (C=O) groups excluding carboxylic acids is 1. The Morgan fingerprint density at radius 2 is 1.64 bits per heavy atom. The highest BCUT2D eigenvalue weighted by Gasteiger charge is 2.32. The van der Waals surface area contributed by atoms with E-state index >= 15 is 0 Å². The van der Waals surface area contributed by atoms with Crippen molar-refractivity contribution in [2.45, 2.75) is 29.2 Å². The number of thioether (sulfide) groups is 1. The third kappa shape index (κ3) is 5.90. The lowest BCUT2D eigenvalue weighted by Gasteiger charge is -2.30. The zero-order valence-electron chi connectivity index (χ0n) is 18.9. The number of hydrogen-bond acceptors (Lipinski definition) is 6. The van der Waals surface area contributed by atoms with Gasteiger partial charge < -0.3 is 15.0 Å². The van der Waals surface area contributed by atoms with Gasteiger partial charge in [-0.15, -0.1) is 11.8 Å². The summed E-state index contributed by atoms with van der Waals surface area (Å²) in [6.07, 6.45) is 3.02. The summed E-state index contributed by atoms with van der Waals surface area (Å²) in [5.74, 6) is -0.170. The quantitative estimate of drug-likeness (QED) is 0.603. The summed E-state index contributed by atoms with van der Waals surface area (Å²) >= 11 is 1.58. The van der Waals surface area contributed by atoms with Crippen molar-refractivity contribution in [1.29, 1.82) is 0 Å². The maximum Gasteiger partial charge on any atom is 0.243 e. The fourth-order valence-corrected chi connectivity index (χ4v) is 6.11. The van der Waals surface area contributed by atoms with Crippen LogP contribution < -0.4 is 10.2 Å². The predicted octanol–water partition coefficient (Wildman–Crippen LogP) is 2.96. The minimum atomic E-state index is -3.52. The van der Waals surface area contributed by atoms with E-state index in [1.807, 2.05) is 30.5 Å². The first kappa shape index (κ1) is 24.1. The molecule has 0 bridgehead atoms. The van der Waals surface area contributed by atoms with E-state index in [-0.39, 0.29) is 11.8 Å². The topological polar surface area (TPSA) is 79.0 Å². The number of benzene rings is 2. The Labute approximate surface area is 200 Å². The highest BCUT2D eigenvalue weighted by atomic mass is 32.2. The van der Waals surface area contributed by atoms with Crippen molar-refractivity contribution in [1.82, 2.24) is 9.62 Å². The SMILES string of the molecule is CSc1ccc(S(=O)(=O)N2CCC(C(=O)NCc3ccc(N4CCOCC4)cc3)CC2)cc1. The van der Waals surface area contributed by atoms with E-state index in [9.17, 15) is 13.2 Å². The Morgan fingerprint density at radius 3 is 2.24 bits per heavy atom. The lowest BCUT2D eigenvalue weighted by atomic mass is 9.97. The normalized spacial score (nSPS) is 18.3. The van der Waals surface area contributed by atoms with Gasteiger partial charge in [-0.05, 0) is 61.1 Å². The maximum atomic E-state index is 12.9. The number of sulfonamides is 1. The third-order valence-corrected chi connectivity index (χ3v) is 8.96. The molecule has 33 heavy (non-hydrogen) atoms. The van der Waals surface area contributed by atoms with Crippen LogP contribution in [0.15, 0.2) is 58.3 Å². The molecule has 7 nitrogen and oxygen atoms in total. The van der Waals surface area contributed by atoms with Gasteiger partial charge in [-0.2, -0.15) is 4.31 Å². The molecule has 2 saturated heterocycles. The molecule has 178 valence electrons. The lowest BCUT2D eigenvalue weighted by molar-refractivity contribution is -0.126. The first-order valence-electron chi connectivity index (χ1n) is 11.3. The van der Waals surface area contributed by atoms with Crippen LogP contribution in [0.1, 0.15) is 18.4 Å². The van der Waals surface area contributed by atoms with E-state index in [2.05, 4.69) is 22.3 Å². The van der Waals surface area contributed by atoms with Crippen LogP contribution in [-0.4, -0.2) is 64.3 Å². The van der Waals surface area contributed by atoms with Gasteiger partial charge in [0.25, 0.3) is 0 Å². The van der Waals surface area contributed by atoms with Crippen molar-refractivity contribution in [2.75, 3.05) is 50.5 Å². The van der Waals surface area contributed by atoms with Crippen molar-refractivity contribution in [3.63, 3.8) is 0 Å². The number of piperidine rings is 1. The Bertz CT molecular complexity index is 1030. The minimum absolute atomic E-state index is 0.00590. The van der Waals surface area contributed by atoms with E-state index in [4.69, 9.17) is 4.74 Å². The van der Waals surface area contributed by atoms with Crippen LogP contribution in [-0.2, 0) is 26.1 Å². The molecule has 2 aromatic carbocycles. The molecule has 0 atom stereocenters. The summed E-state index contributed by atoms with van der Waals surface area (Å²) in [5, 5.41) is 3.02. The van der Waals surface area contributed by atoms with Crippen molar-refractivity contribution in [3.05, 3.63) is 54.1 Å². The summed E-state index contributed by atoms with van der Waals surface area (Å²) < 4.78 is 32.7. The van der Waals surface area contributed by atoms with Gasteiger partial charge in [0.05, 0.1) is 18.1 Å². The van der Waals surface area contributed by atoms with Crippen LogP contribution in [0.3, 0.4) is 0 Å². The van der Waals surface area contributed by atoms with Gasteiger partial charge in [0.2, 0.25) is 15.9 Å². The van der Waals surface area contributed by atoms with Gasteiger partial charge in [0, 0.05) is 49.2 Å². The molecule has 1 N–H and O–H groups in total. The molecular formula is C24H31N3O4S2. The highest BCUT2D eigenvalue weighted by Crippen LogP contribution is 2.25. The molecule has 2 aliphatic rings. The Morgan fingerprint density at radius 1 is 1.00 bits per heavy atom. The fraction of sp³-hybridized carbons (Fsp3) is 0.458. The zero-order chi connectivity index (χ0) is 23.3. The van der Waals surface area contributed by atoms with Gasteiger partial charge in [0.1, 0.15) is 0 Å². The average molecular weight is 490 g/mol. The molecule has 0 spiro atoms. The monoisotopic (exact) mass is 489 g/mol. The molecule has 0 radical (unpaired) electrons. The molecule has 2 heterocycles. The first-order valence-corrected chi connectivity index (χ1v) is 14.0. The molecule has 0 aliphatic carbocycles. The number of anilines is 1. The number of carbonyl (C=O) groups is 1. The zero-order valence-corrected chi connectivity index (χ0v) is 20.5. The predicted molar refractivity (Wildman–Crippen MR) is 131 cm³/mol. The van der Waals surface area contributed by atoms with E-state index in [1.165, 1.54) is 9.99 Å². The lowest BCUT2D eigenvalue weighted by Crippen LogP contribution is -2.42. The van der Waals surface area contributed by atoms with Crippen molar-refractivity contribution in [3.8, 4) is 0 Å². The minimum Gasteiger partial charge on any atom is -0.378 e. The summed E-state index contributed by atoms with van der Waals surface area (Å²) in [4.78, 5) is 16.3. The van der Waals surface area contributed by atoms with Crippen LogP contribution in [0.4, 0.5) is 5.69 Å². The number of hydrogen-bond donors (Lipinski definition) is 1. The smallest absolute Gasteiger partial charge is 0.243 e. The number of ether oxygens (including phenoxy) is 1. The Hall–Kier alpha value is -2.07. The fourth-order valence-electron chi connectivity index (χ4n) is 4.23. The summed E-state index contributed by atoms with van der Waals surface area (Å²) in [5.41, 5.74) is 2.22. The van der Waals surface area contributed by atoms with Gasteiger partial charge in [-0.1, -0.05) is 12.1 Å². The number of amides is 1. The first-order chi connectivity index (χ1) is 16.0. The largest absolute Gasteiger partial charge is 0.378 e. The van der Waals surface area contributed by atoms with Crippen LogP contribution in [0.2, 0.25) is 0 Å². The van der Waals surface area contributed by atoms with Gasteiger partial charge in [-0.3, -0.25) is 4.79 Å². The Balaban J connectivity index is 1.26. The second kappa shape index (κ2) is 10.9. The van der Waals surface area contributed by atoms with Gasteiger partial charge in [-0.25, -0.2) is 8.42 Å². The Kier molecular flexibility index (Phi) is 7.95. The summed E-state index contributed by atoms with van der Waals surface area (Å²) in [6, 6.07) is 15.2. The number of nitrogens with one attached hydrogen (secondary N) is 1. The molecular weight excluding hydrogens is 458 g/mol. The van der Waals surface area contributed by atoms with E-state index < -0.39 is 10.0 Å². The van der Waals surface area contributed by atoms with Crippen LogP contribution in [0.5, 0.6) is 0 Å². The standard InChI is InChI=1S/C24H31N3O4S2/c1-32-22-6-8-23(9-7-22)33(29,30)27-12-10-20(11-13-27)24(28)25-18-19-2-4-21(5-3-19)26-14-16-31-17-15-26/h2-9,20H,10-18H2,1H3,(H,25,28). The van der Waals surface area contributed by atoms with Crippen molar-refractivity contribution in [2.24, 2.45) is 5.92 Å². The second-order valence-corrected chi connectivity index (χ2v) is 11.2. The molecule has 0 unspecified atom stereocenters. The van der Waals surface area contributed by atoms with E-state index in [1.54, 1.807) is 23.9 Å². The third-order valence-electron chi connectivity index (χ3n) is 6.30. The number of morpholine rings is 1. The van der Waals surface area contributed by atoms with Gasteiger partial charge >= 0.3 is 0 Å². The molecule has 4 rings (SSSR count). The molecule has 1 amide bonds. The van der Waals surface area contributed by atoms with E-state index in [0.29, 0.717) is 37.4 Å². The van der Waals surface area contributed by atoms with Crippen LogP contribution in [0.25, 0.3) is 0 Å². The summed E-state index contributed by atoms with van der Waals surface area (Å²) in [6.45, 7) is 4.49. The van der Waals surface area contributed by atoms with Crippen LogP contribution >= 0.6 is 11.8 Å². The summed E-state index contributed by atoms with van der Waals surface area (Å²) in [7, 11) is -3.52. The van der Waals surface area contributed by atoms with Gasteiger partial charge in [0.15, 0.2) is 0 Å². The maximum absolute atomic E-state index is 12.9.